The summed E-state index contributed by atoms with van der Waals surface area (Å²) < 4.78 is 23.2. The van der Waals surface area contributed by atoms with E-state index < -0.39 is 9.84 Å². The van der Waals surface area contributed by atoms with Crippen LogP contribution in [-0.4, -0.2) is 40.1 Å². The van der Waals surface area contributed by atoms with Crippen molar-refractivity contribution in [1.82, 2.24) is 25.4 Å². The molecule has 0 aliphatic heterocycles. The predicted octanol–water partition coefficient (Wildman–Crippen LogP) is 3.94. The number of sulfone groups is 1. The van der Waals surface area contributed by atoms with Gasteiger partial charge in [-0.05, 0) is 54.8 Å². The van der Waals surface area contributed by atoms with Gasteiger partial charge in [-0.15, -0.1) is 20.4 Å². The molecule has 0 aliphatic rings. The van der Waals surface area contributed by atoms with E-state index in [-0.39, 0.29) is 16.4 Å². The van der Waals surface area contributed by atoms with Crippen LogP contribution >= 0.6 is 0 Å². The van der Waals surface area contributed by atoms with Crippen molar-refractivity contribution in [3.05, 3.63) is 78.1 Å². The third-order valence-corrected chi connectivity index (χ3v) is 7.21. The van der Waals surface area contributed by atoms with E-state index >= 15 is 0 Å². The van der Waals surface area contributed by atoms with Gasteiger partial charge in [-0.2, -0.15) is 0 Å². The molecule has 0 aliphatic carbocycles. The Labute approximate surface area is 199 Å². The Morgan fingerprint density at radius 3 is 1.91 bits per heavy atom. The Kier molecular flexibility index (Phi) is 6.14. The number of rotatable bonds is 6. The molecular weight excluding hydrogens is 448 g/mol. The van der Waals surface area contributed by atoms with Crippen LogP contribution < -0.4 is 5.73 Å². The summed E-state index contributed by atoms with van der Waals surface area (Å²) in [4.78, 5) is 4.76. The molecule has 0 spiro atoms. The molecule has 0 radical (unpaired) electrons. The molecule has 1 aromatic carbocycles. The third-order valence-electron chi connectivity index (χ3n) is 6.23. The Bertz CT molecular complexity index is 1390. The molecule has 3 aromatic heterocycles. The first-order valence-corrected chi connectivity index (χ1v) is 12.7. The lowest BCUT2D eigenvalue weighted by Gasteiger charge is -2.34. The van der Waals surface area contributed by atoms with Gasteiger partial charge in [0.1, 0.15) is 5.82 Å². The van der Waals surface area contributed by atoms with Gasteiger partial charge in [0.05, 0.1) is 17.1 Å². The second-order valence-electron chi connectivity index (χ2n) is 8.74. The summed E-state index contributed by atoms with van der Waals surface area (Å²) in [6, 6.07) is 18.9. The van der Waals surface area contributed by atoms with E-state index in [1.54, 1.807) is 18.3 Å². The fourth-order valence-corrected chi connectivity index (χ4v) is 4.29. The molecule has 4 rings (SSSR count). The molecule has 2 N–H and O–H groups in total. The van der Waals surface area contributed by atoms with Crippen LogP contribution in [0.15, 0.2) is 71.9 Å². The average molecular weight is 475 g/mol. The smallest absolute Gasteiger partial charge is 0.194 e. The summed E-state index contributed by atoms with van der Waals surface area (Å²) in [5.74, 6) is 0.654. The first-order valence-electron chi connectivity index (χ1n) is 10.8. The first-order chi connectivity index (χ1) is 16.1. The highest BCUT2D eigenvalue weighted by Gasteiger charge is 2.34. The van der Waals surface area contributed by atoms with Crippen molar-refractivity contribution in [1.29, 1.82) is 0 Å². The lowest BCUT2D eigenvalue weighted by Crippen LogP contribution is -2.31. The van der Waals surface area contributed by atoms with Crippen LogP contribution in [0.4, 0.5) is 5.82 Å². The molecule has 8 nitrogen and oxygen atoms in total. The maximum atomic E-state index is 11.6. The summed E-state index contributed by atoms with van der Waals surface area (Å²) in [7, 11) is -3.39. The van der Waals surface area contributed by atoms with Gasteiger partial charge in [0.25, 0.3) is 0 Å². The average Bonchev–Trinajstić information content (AvgIpc) is 2.84. The van der Waals surface area contributed by atoms with Crippen LogP contribution in [0.25, 0.3) is 22.5 Å². The Balaban J connectivity index is 1.64. The summed E-state index contributed by atoms with van der Waals surface area (Å²) in [6.45, 7) is 6.52. The van der Waals surface area contributed by atoms with Crippen LogP contribution in [0.3, 0.4) is 0 Å². The highest BCUT2D eigenvalue weighted by Crippen LogP contribution is 2.39. The number of nitrogens with zero attached hydrogens (tertiary/aromatic N) is 5. The van der Waals surface area contributed by atoms with E-state index in [2.05, 4.69) is 53.3 Å². The van der Waals surface area contributed by atoms with E-state index in [0.717, 1.165) is 34.3 Å². The van der Waals surface area contributed by atoms with Gasteiger partial charge in [-0.25, -0.2) is 8.42 Å². The zero-order valence-corrected chi connectivity index (χ0v) is 20.3. The van der Waals surface area contributed by atoms with Crippen molar-refractivity contribution in [2.45, 2.75) is 31.2 Å². The minimum atomic E-state index is -3.39. The number of hydrogen-bond donors (Lipinski definition) is 1. The Morgan fingerprint density at radius 1 is 0.794 bits per heavy atom. The lowest BCUT2D eigenvalue weighted by atomic mass is 9.70. The van der Waals surface area contributed by atoms with Gasteiger partial charge < -0.3 is 5.73 Å². The van der Waals surface area contributed by atoms with E-state index in [9.17, 15) is 8.42 Å². The molecule has 0 saturated heterocycles. The van der Waals surface area contributed by atoms with Crippen molar-refractivity contribution in [3.8, 4) is 22.5 Å². The molecule has 0 saturated carbocycles. The number of hydrogen-bond acceptors (Lipinski definition) is 8. The fourth-order valence-electron chi connectivity index (χ4n) is 3.79. The molecule has 1 unspecified atom stereocenters. The first kappa shape index (κ1) is 23.4. The second-order valence-corrected chi connectivity index (χ2v) is 10.7. The number of nitrogen functional groups attached to an aromatic ring is 1. The van der Waals surface area contributed by atoms with E-state index in [4.69, 9.17) is 10.7 Å². The van der Waals surface area contributed by atoms with Gasteiger partial charge in [0.2, 0.25) is 0 Å². The van der Waals surface area contributed by atoms with Crippen LogP contribution in [0.2, 0.25) is 0 Å². The predicted molar refractivity (Wildman–Crippen MR) is 132 cm³/mol. The molecule has 1 atom stereocenters. The van der Waals surface area contributed by atoms with E-state index in [1.165, 1.54) is 6.07 Å². The molecule has 9 heteroatoms. The molecule has 0 amide bonds. The van der Waals surface area contributed by atoms with Crippen molar-refractivity contribution >= 4 is 15.7 Å². The van der Waals surface area contributed by atoms with Crippen LogP contribution in [0.5, 0.6) is 0 Å². The standard InChI is InChI=1S/C25H26N6O2S/c1-16(2)25(3,19-8-5-17(6-9-19)20-10-13-23(26)30-28-20)22-12-7-18(15-27-22)21-11-14-24(31-29-21)34(4,32)33/h5-16H,1-4H3,(H2,26,30). The zero-order chi connectivity index (χ0) is 24.5. The third kappa shape index (κ3) is 4.51. The van der Waals surface area contributed by atoms with Crippen LogP contribution in [0, 0.1) is 5.92 Å². The number of pyridine rings is 1. The molecule has 4 aromatic rings. The topological polar surface area (TPSA) is 125 Å². The van der Waals surface area contributed by atoms with Crippen LogP contribution in [-0.2, 0) is 15.3 Å². The summed E-state index contributed by atoms with van der Waals surface area (Å²) >= 11 is 0. The SMILES string of the molecule is CC(C)C(C)(c1ccc(-c2ccc(N)nn2)cc1)c1ccc(-c2ccc(S(C)(=O)=O)nn2)cn1. The number of benzene rings is 1. The van der Waals surface area contributed by atoms with Gasteiger partial charge in [-0.3, -0.25) is 4.98 Å². The Hall–Kier alpha value is -3.72. The monoisotopic (exact) mass is 474 g/mol. The van der Waals surface area contributed by atoms with Crippen molar-refractivity contribution in [3.63, 3.8) is 0 Å². The van der Waals surface area contributed by atoms with Gasteiger partial charge >= 0.3 is 0 Å². The number of aromatic nitrogens is 5. The Morgan fingerprint density at radius 2 is 1.41 bits per heavy atom. The normalized spacial score (nSPS) is 13.6. The van der Waals surface area contributed by atoms with E-state index in [1.807, 2.05) is 30.3 Å². The largest absolute Gasteiger partial charge is 0.382 e. The highest BCUT2D eigenvalue weighted by molar-refractivity contribution is 7.90. The van der Waals surface area contributed by atoms with Gasteiger partial charge in [0.15, 0.2) is 14.9 Å². The van der Waals surface area contributed by atoms with Crippen LogP contribution in [0.1, 0.15) is 32.0 Å². The quantitative estimate of drug-likeness (QED) is 0.445. The minimum Gasteiger partial charge on any atom is -0.382 e. The number of nitrogens with two attached hydrogens (primary N) is 1. The number of anilines is 1. The lowest BCUT2D eigenvalue weighted by molar-refractivity contribution is 0.395. The zero-order valence-electron chi connectivity index (χ0n) is 19.5. The van der Waals surface area contributed by atoms with Crippen molar-refractivity contribution in [2.24, 2.45) is 5.92 Å². The molecular formula is C25H26N6O2S. The molecule has 0 fully saturated rings. The van der Waals surface area contributed by atoms with Crippen molar-refractivity contribution in [2.75, 3.05) is 12.0 Å². The summed E-state index contributed by atoms with van der Waals surface area (Å²) in [5, 5.41) is 15.9. The molecule has 0 bridgehead atoms. The molecule has 3 heterocycles. The highest BCUT2D eigenvalue weighted by atomic mass is 32.2. The summed E-state index contributed by atoms with van der Waals surface area (Å²) in [5.41, 5.74) is 10.4. The maximum absolute atomic E-state index is 11.6. The maximum Gasteiger partial charge on any atom is 0.194 e. The minimum absolute atomic E-state index is 0.0541. The van der Waals surface area contributed by atoms with Gasteiger partial charge in [-0.1, -0.05) is 38.1 Å². The fraction of sp³-hybridized carbons (Fsp3) is 0.240. The van der Waals surface area contributed by atoms with Gasteiger partial charge in [0, 0.05) is 29.0 Å². The summed E-state index contributed by atoms with van der Waals surface area (Å²) in [6.07, 6.45) is 2.86. The van der Waals surface area contributed by atoms with E-state index in [0.29, 0.717) is 11.5 Å². The molecule has 174 valence electrons. The van der Waals surface area contributed by atoms with Crippen molar-refractivity contribution < 1.29 is 8.42 Å². The second kappa shape index (κ2) is 8.90. The molecule has 34 heavy (non-hydrogen) atoms.